The Hall–Kier alpha value is -2.58. The van der Waals surface area contributed by atoms with E-state index in [1.165, 1.54) is 6.92 Å². The number of hydrogen-bond acceptors (Lipinski definition) is 4. The number of hydrogen-bond donors (Lipinski definition) is 2. The van der Waals surface area contributed by atoms with Gasteiger partial charge in [-0.15, -0.1) is 0 Å². The number of imide groups is 1. The average molecular weight is 304 g/mol. The summed E-state index contributed by atoms with van der Waals surface area (Å²) in [5, 5.41) is 1.70. The molecule has 9 heteroatoms. The monoisotopic (exact) mass is 304 g/mol. The number of carbonyl (C=O) groups excluding carboxylic acids is 3. The Morgan fingerprint density at radius 2 is 1.71 bits per heavy atom. The number of urea groups is 1. The summed E-state index contributed by atoms with van der Waals surface area (Å²) in [6.07, 6.45) is -5.84. The highest BCUT2D eigenvalue weighted by Gasteiger charge is 2.30. The molecular formula is C12H11F3N2O4. The molecule has 114 valence electrons. The largest absolute Gasteiger partial charge is 0.449 e. The van der Waals surface area contributed by atoms with E-state index in [-0.39, 0.29) is 5.56 Å². The van der Waals surface area contributed by atoms with Gasteiger partial charge in [-0.2, -0.15) is 13.2 Å². The maximum atomic E-state index is 12.3. The van der Waals surface area contributed by atoms with Crippen LogP contribution in [0, 0.1) is 0 Å². The molecule has 0 aromatic heterocycles. The molecule has 0 saturated heterocycles. The lowest BCUT2D eigenvalue weighted by molar-refractivity contribution is -0.137. The quantitative estimate of drug-likeness (QED) is 0.826. The number of nitrogens with two attached hydrogens (primary N) is 1. The molecule has 1 rings (SSSR count). The van der Waals surface area contributed by atoms with Crippen molar-refractivity contribution in [1.29, 1.82) is 0 Å². The highest BCUT2D eigenvalue weighted by atomic mass is 19.4. The number of alkyl halides is 3. The summed E-state index contributed by atoms with van der Waals surface area (Å²) in [6.45, 7) is 1.18. The molecule has 0 aliphatic rings. The number of rotatable bonds is 3. The number of nitrogens with one attached hydrogen (secondary N) is 1. The van der Waals surface area contributed by atoms with Gasteiger partial charge in [-0.25, -0.2) is 9.59 Å². The van der Waals surface area contributed by atoms with Crippen LogP contribution in [0.15, 0.2) is 24.3 Å². The van der Waals surface area contributed by atoms with Gasteiger partial charge in [0.1, 0.15) is 0 Å². The maximum absolute atomic E-state index is 12.3. The molecule has 1 atom stereocenters. The molecule has 0 aliphatic heterocycles. The standard InChI is InChI=1S/C12H11F3N2O4/c1-6(9(18)17-11(16)20)21-10(19)7-2-4-8(5-3-7)12(13,14)15/h2-6H,1H3,(H3,16,17,18,20). The molecule has 3 amide bonds. The first-order chi connectivity index (χ1) is 9.61. The van der Waals surface area contributed by atoms with Crippen LogP contribution >= 0.6 is 0 Å². The number of esters is 1. The second-order valence-corrected chi connectivity index (χ2v) is 3.98. The lowest BCUT2D eigenvalue weighted by Gasteiger charge is -2.12. The topological polar surface area (TPSA) is 98.5 Å². The van der Waals surface area contributed by atoms with E-state index in [9.17, 15) is 27.6 Å². The van der Waals surface area contributed by atoms with Crippen molar-refractivity contribution in [3.05, 3.63) is 35.4 Å². The third-order valence-electron chi connectivity index (χ3n) is 2.35. The fraction of sp³-hybridized carbons (Fsp3) is 0.250. The second-order valence-electron chi connectivity index (χ2n) is 3.98. The minimum absolute atomic E-state index is 0.165. The van der Waals surface area contributed by atoms with Gasteiger partial charge < -0.3 is 10.5 Å². The Bertz CT molecular complexity index is 555. The fourth-order valence-corrected chi connectivity index (χ4v) is 1.30. The Balaban J connectivity index is 2.72. The molecule has 1 unspecified atom stereocenters. The molecule has 0 aliphatic carbocycles. The Morgan fingerprint density at radius 3 is 2.14 bits per heavy atom. The third-order valence-corrected chi connectivity index (χ3v) is 2.35. The van der Waals surface area contributed by atoms with Gasteiger partial charge >= 0.3 is 18.2 Å². The summed E-state index contributed by atoms with van der Waals surface area (Å²) in [4.78, 5) is 33.3. The molecule has 0 bridgehead atoms. The summed E-state index contributed by atoms with van der Waals surface area (Å²) in [5.74, 6) is -1.95. The van der Waals surface area contributed by atoms with Crippen LogP contribution in [0.2, 0.25) is 0 Å². The lowest BCUT2D eigenvalue weighted by Crippen LogP contribution is -2.42. The number of halogens is 3. The molecule has 0 fully saturated rings. The van der Waals surface area contributed by atoms with Gasteiger partial charge in [-0.05, 0) is 31.2 Å². The molecule has 21 heavy (non-hydrogen) atoms. The van der Waals surface area contributed by atoms with E-state index in [1.54, 1.807) is 5.32 Å². The molecule has 0 heterocycles. The van der Waals surface area contributed by atoms with Crippen LogP contribution in [-0.4, -0.2) is 24.0 Å². The summed E-state index contributed by atoms with van der Waals surface area (Å²) < 4.78 is 41.7. The normalized spacial score (nSPS) is 12.4. The van der Waals surface area contributed by atoms with Crippen LogP contribution in [0.3, 0.4) is 0 Å². The van der Waals surface area contributed by atoms with E-state index >= 15 is 0 Å². The number of ether oxygens (including phenoxy) is 1. The van der Waals surface area contributed by atoms with Crippen molar-refractivity contribution in [2.24, 2.45) is 5.73 Å². The first-order valence-corrected chi connectivity index (χ1v) is 5.60. The fourth-order valence-electron chi connectivity index (χ4n) is 1.30. The van der Waals surface area contributed by atoms with Gasteiger partial charge in [0.2, 0.25) is 0 Å². The second kappa shape index (κ2) is 6.25. The molecule has 0 radical (unpaired) electrons. The van der Waals surface area contributed by atoms with Crippen LogP contribution in [0.25, 0.3) is 0 Å². The molecule has 6 nitrogen and oxygen atoms in total. The number of carbonyl (C=O) groups is 3. The predicted molar refractivity (Wildman–Crippen MR) is 64.0 cm³/mol. The maximum Gasteiger partial charge on any atom is 0.416 e. The van der Waals surface area contributed by atoms with E-state index in [0.717, 1.165) is 12.1 Å². The SMILES string of the molecule is CC(OC(=O)c1ccc(C(F)(F)F)cc1)C(=O)NC(N)=O. The summed E-state index contributed by atoms with van der Waals surface area (Å²) in [7, 11) is 0. The van der Waals surface area contributed by atoms with Crippen molar-refractivity contribution >= 4 is 17.9 Å². The number of benzene rings is 1. The number of amides is 3. The van der Waals surface area contributed by atoms with E-state index < -0.39 is 35.8 Å². The minimum Gasteiger partial charge on any atom is -0.449 e. The molecule has 0 spiro atoms. The highest BCUT2D eigenvalue weighted by molar-refractivity contribution is 5.98. The summed E-state index contributed by atoms with van der Waals surface area (Å²) in [6, 6.07) is 2.15. The summed E-state index contributed by atoms with van der Waals surface area (Å²) >= 11 is 0. The van der Waals surface area contributed by atoms with Crippen molar-refractivity contribution in [2.45, 2.75) is 19.2 Å². The zero-order chi connectivity index (χ0) is 16.2. The molecule has 1 aromatic carbocycles. The van der Waals surface area contributed by atoms with Gasteiger partial charge in [0.15, 0.2) is 6.10 Å². The van der Waals surface area contributed by atoms with Crippen LogP contribution in [-0.2, 0) is 15.7 Å². The van der Waals surface area contributed by atoms with E-state index in [2.05, 4.69) is 4.74 Å². The molecule has 3 N–H and O–H groups in total. The zero-order valence-corrected chi connectivity index (χ0v) is 10.7. The van der Waals surface area contributed by atoms with Crippen molar-refractivity contribution in [2.75, 3.05) is 0 Å². The van der Waals surface area contributed by atoms with E-state index in [1.807, 2.05) is 0 Å². The molecular weight excluding hydrogens is 293 g/mol. The van der Waals surface area contributed by atoms with Gasteiger partial charge in [0, 0.05) is 0 Å². The van der Waals surface area contributed by atoms with Crippen LogP contribution < -0.4 is 11.1 Å². The Labute approximate surface area is 117 Å². The Kier molecular flexibility index (Phi) is 4.90. The predicted octanol–water partition coefficient (Wildman–Crippen LogP) is 1.45. The smallest absolute Gasteiger partial charge is 0.416 e. The zero-order valence-electron chi connectivity index (χ0n) is 10.7. The first-order valence-electron chi connectivity index (χ1n) is 5.60. The van der Waals surface area contributed by atoms with Gasteiger partial charge in [-0.3, -0.25) is 10.1 Å². The van der Waals surface area contributed by atoms with E-state index in [4.69, 9.17) is 5.73 Å². The van der Waals surface area contributed by atoms with Gasteiger partial charge in [0.25, 0.3) is 5.91 Å². The van der Waals surface area contributed by atoms with Gasteiger partial charge in [0.05, 0.1) is 11.1 Å². The number of primary amides is 1. The van der Waals surface area contributed by atoms with Crippen LogP contribution in [0.4, 0.5) is 18.0 Å². The molecule has 0 saturated carbocycles. The highest BCUT2D eigenvalue weighted by Crippen LogP contribution is 2.29. The van der Waals surface area contributed by atoms with Crippen molar-refractivity contribution < 1.29 is 32.3 Å². The first kappa shape index (κ1) is 16.5. The van der Waals surface area contributed by atoms with Crippen LogP contribution in [0.1, 0.15) is 22.8 Å². The van der Waals surface area contributed by atoms with Crippen molar-refractivity contribution in [1.82, 2.24) is 5.32 Å². The Morgan fingerprint density at radius 1 is 1.19 bits per heavy atom. The average Bonchev–Trinajstić information content (AvgIpc) is 2.36. The van der Waals surface area contributed by atoms with Crippen molar-refractivity contribution in [3.8, 4) is 0 Å². The van der Waals surface area contributed by atoms with Gasteiger partial charge in [-0.1, -0.05) is 0 Å². The summed E-state index contributed by atoms with van der Waals surface area (Å²) in [5.41, 5.74) is 3.63. The van der Waals surface area contributed by atoms with E-state index in [0.29, 0.717) is 12.1 Å². The van der Waals surface area contributed by atoms with Crippen molar-refractivity contribution in [3.63, 3.8) is 0 Å². The molecule has 1 aromatic rings. The van der Waals surface area contributed by atoms with Crippen LogP contribution in [0.5, 0.6) is 0 Å². The minimum atomic E-state index is -4.52. The third kappa shape index (κ3) is 4.79. The lowest BCUT2D eigenvalue weighted by atomic mass is 10.1.